The third-order valence-electron chi connectivity index (χ3n) is 2.96. The quantitative estimate of drug-likeness (QED) is 0.893. The first-order valence-electron chi connectivity index (χ1n) is 6.35. The topological polar surface area (TPSA) is 44.5 Å². The minimum atomic E-state index is 0.659. The fourth-order valence-corrected chi connectivity index (χ4v) is 1.97. The molecule has 0 aliphatic carbocycles. The van der Waals surface area contributed by atoms with Gasteiger partial charge in [-0.05, 0) is 49.2 Å². The maximum absolute atomic E-state index is 5.91. The summed E-state index contributed by atoms with van der Waals surface area (Å²) in [5.74, 6) is 2.29. The van der Waals surface area contributed by atoms with Gasteiger partial charge in [0.05, 0.1) is 7.11 Å². The number of benzene rings is 2. The van der Waals surface area contributed by atoms with Gasteiger partial charge in [-0.2, -0.15) is 0 Å². The summed E-state index contributed by atoms with van der Waals surface area (Å²) in [5, 5.41) is 0. The van der Waals surface area contributed by atoms with E-state index in [2.05, 4.69) is 6.07 Å². The van der Waals surface area contributed by atoms with Crippen molar-refractivity contribution in [2.24, 2.45) is 5.73 Å². The minimum Gasteiger partial charge on any atom is -0.493 e. The van der Waals surface area contributed by atoms with E-state index < -0.39 is 0 Å². The first kappa shape index (κ1) is 13.4. The highest BCUT2D eigenvalue weighted by molar-refractivity contribution is 5.45. The summed E-state index contributed by atoms with van der Waals surface area (Å²) in [4.78, 5) is 0. The molecule has 0 amide bonds. The van der Waals surface area contributed by atoms with Crippen LogP contribution in [-0.4, -0.2) is 13.7 Å². The van der Waals surface area contributed by atoms with Crippen LogP contribution < -0.4 is 15.2 Å². The molecule has 0 fully saturated rings. The van der Waals surface area contributed by atoms with Gasteiger partial charge in [0.1, 0.15) is 5.75 Å². The van der Waals surface area contributed by atoms with Gasteiger partial charge in [-0.1, -0.05) is 24.3 Å². The molecule has 0 saturated carbocycles. The molecular formula is C16H19NO2. The molecule has 3 heteroatoms. The van der Waals surface area contributed by atoms with Crippen molar-refractivity contribution in [2.75, 3.05) is 13.7 Å². The van der Waals surface area contributed by atoms with Crippen LogP contribution in [0.25, 0.3) is 0 Å². The van der Waals surface area contributed by atoms with Crippen molar-refractivity contribution >= 4 is 0 Å². The maximum Gasteiger partial charge on any atom is 0.169 e. The lowest BCUT2D eigenvalue weighted by atomic mass is 10.1. The second kappa shape index (κ2) is 6.25. The molecule has 0 bridgehead atoms. The molecule has 0 atom stereocenters. The summed E-state index contributed by atoms with van der Waals surface area (Å²) >= 11 is 0. The number of aryl methyl sites for hydroxylation is 1. The first-order chi connectivity index (χ1) is 9.24. The van der Waals surface area contributed by atoms with E-state index in [1.807, 2.05) is 43.3 Å². The fourth-order valence-electron chi connectivity index (χ4n) is 1.97. The number of methoxy groups -OCH3 is 1. The summed E-state index contributed by atoms with van der Waals surface area (Å²) in [6, 6.07) is 13.8. The molecule has 0 aliphatic rings. The zero-order valence-corrected chi connectivity index (χ0v) is 11.3. The Morgan fingerprint density at radius 2 is 1.74 bits per heavy atom. The van der Waals surface area contributed by atoms with Crippen LogP contribution in [-0.2, 0) is 6.42 Å². The Kier molecular flexibility index (Phi) is 4.42. The summed E-state index contributed by atoms with van der Waals surface area (Å²) < 4.78 is 11.2. The summed E-state index contributed by atoms with van der Waals surface area (Å²) in [5.41, 5.74) is 7.89. The minimum absolute atomic E-state index is 0.659. The monoisotopic (exact) mass is 257 g/mol. The first-order valence-corrected chi connectivity index (χ1v) is 6.35. The predicted octanol–water partition coefficient (Wildman–Crippen LogP) is 3.30. The van der Waals surface area contributed by atoms with Gasteiger partial charge in [-0.15, -0.1) is 0 Å². The third kappa shape index (κ3) is 3.26. The predicted molar refractivity (Wildman–Crippen MR) is 77.0 cm³/mol. The van der Waals surface area contributed by atoms with E-state index in [1.54, 1.807) is 7.11 Å². The molecule has 0 heterocycles. The molecule has 2 aromatic carbocycles. The summed E-state index contributed by atoms with van der Waals surface area (Å²) in [6.45, 7) is 2.69. The second-order valence-electron chi connectivity index (χ2n) is 4.39. The lowest BCUT2D eigenvalue weighted by Crippen LogP contribution is -2.03. The number of hydrogen-bond donors (Lipinski definition) is 1. The molecule has 0 saturated heterocycles. The van der Waals surface area contributed by atoms with E-state index in [9.17, 15) is 0 Å². The molecule has 19 heavy (non-hydrogen) atoms. The van der Waals surface area contributed by atoms with Crippen molar-refractivity contribution in [1.82, 2.24) is 0 Å². The standard InChI is InChI=1S/C16H19NO2/c1-12-11-13(9-10-17)7-8-14(12)19-16-6-4-3-5-15(16)18-2/h3-8,11H,9-10,17H2,1-2H3. The number of ether oxygens (including phenoxy) is 2. The zero-order chi connectivity index (χ0) is 13.7. The molecule has 2 N–H and O–H groups in total. The zero-order valence-electron chi connectivity index (χ0n) is 11.3. The molecule has 2 rings (SSSR count). The van der Waals surface area contributed by atoms with Crippen LogP contribution in [0.1, 0.15) is 11.1 Å². The van der Waals surface area contributed by atoms with Gasteiger partial charge in [-0.3, -0.25) is 0 Å². The highest BCUT2D eigenvalue weighted by Crippen LogP contribution is 2.32. The lowest BCUT2D eigenvalue weighted by molar-refractivity contribution is 0.378. The number of nitrogens with two attached hydrogens (primary N) is 1. The van der Waals surface area contributed by atoms with Crippen LogP contribution >= 0.6 is 0 Å². The Balaban J connectivity index is 2.23. The smallest absolute Gasteiger partial charge is 0.169 e. The van der Waals surface area contributed by atoms with Crippen LogP contribution in [0.3, 0.4) is 0 Å². The molecule has 100 valence electrons. The molecule has 0 aliphatic heterocycles. The largest absolute Gasteiger partial charge is 0.493 e. The van der Waals surface area contributed by atoms with Crippen molar-refractivity contribution in [1.29, 1.82) is 0 Å². The third-order valence-corrected chi connectivity index (χ3v) is 2.96. The second-order valence-corrected chi connectivity index (χ2v) is 4.39. The van der Waals surface area contributed by atoms with Crippen LogP contribution in [0, 0.1) is 6.92 Å². The number of rotatable bonds is 5. The van der Waals surface area contributed by atoms with Gasteiger partial charge in [-0.25, -0.2) is 0 Å². The Morgan fingerprint density at radius 3 is 2.37 bits per heavy atom. The van der Waals surface area contributed by atoms with Crippen molar-refractivity contribution in [3.8, 4) is 17.2 Å². The normalized spacial score (nSPS) is 10.3. The van der Waals surface area contributed by atoms with Crippen molar-refractivity contribution in [3.63, 3.8) is 0 Å². The Hall–Kier alpha value is -2.00. The lowest BCUT2D eigenvalue weighted by Gasteiger charge is -2.12. The number of para-hydroxylation sites is 2. The average Bonchev–Trinajstić information content (AvgIpc) is 2.43. The molecule has 0 aromatic heterocycles. The van der Waals surface area contributed by atoms with Crippen molar-refractivity contribution in [3.05, 3.63) is 53.6 Å². The Labute approximate surface area is 114 Å². The summed E-state index contributed by atoms with van der Waals surface area (Å²) in [6.07, 6.45) is 0.885. The number of hydrogen-bond acceptors (Lipinski definition) is 3. The van der Waals surface area contributed by atoms with Gasteiger partial charge in [0, 0.05) is 0 Å². The average molecular weight is 257 g/mol. The maximum atomic E-state index is 5.91. The molecule has 0 spiro atoms. The van der Waals surface area contributed by atoms with Crippen LogP contribution in [0.2, 0.25) is 0 Å². The van der Waals surface area contributed by atoms with Gasteiger partial charge in [0.15, 0.2) is 11.5 Å². The van der Waals surface area contributed by atoms with E-state index in [-0.39, 0.29) is 0 Å². The van der Waals surface area contributed by atoms with Crippen LogP contribution in [0.5, 0.6) is 17.2 Å². The Bertz CT molecular complexity index is 552. The van der Waals surface area contributed by atoms with Crippen LogP contribution in [0.15, 0.2) is 42.5 Å². The van der Waals surface area contributed by atoms with E-state index in [0.29, 0.717) is 6.54 Å². The molecule has 0 unspecified atom stereocenters. The molecular weight excluding hydrogens is 238 g/mol. The van der Waals surface area contributed by atoms with E-state index >= 15 is 0 Å². The van der Waals surface area contributed by atoms with Gasteiger partial charge >= 0.3 is 0 Å². The molecule has 0 radical (unpaired) electrons. The van der Waals surface area contributed by atoms with Crippen molar-refractivity contribution < 1.29 is 9.47 Å². The molecule has 3 nitrogen and oxygen atoms in total. The van der Waals surface area contributed by atoms with Crippen LogP contribution in [0.4, 0.5) is 0 Å². The SMILES string of the molecule is COc1ccccc1Oc1ccc(CCN)cc1C. The molecule has 2 aromatic rings. The van der Waals surface area contributed by atoms with Crippen molar-refractivity contribution in [2.45, 2.75) is 13.3 Å². The van der Waals surface area contributed by atoms with E-state index in [0.717, 1.165) is 29.2 Å². The van der Waals surface area contributed by atoms with Gasteiger partial charge in [0.2, 0.25) is 0 Å². The van der Waals surface area contributed by atoms with Gasteiger partial charge < -0.3 is 15.2 Å². The van der Waals surface area contributed by atoms with Gasteiger partial charge in [0.25, 0.3) is 0 Å². The van der Waals surface area contributed by atoms with E-state index in [1.165, 1.54) is 5.56 Å². The van der Waals surface area contributed by atoms with E-state index in [4.69, 9.17) is 15.2 Å². The Morgan fingerprint density at radius 1 is 1.00 bits per heavy atom. The highest BCUT2D eigenvalue weighted by atomic mass is 16.5. The fraction of sp³-hybridized carbons (Fsp3) is 0.250. The highest BCUT2D eigenvalue weighted by Gasteiger charge is 2.07. The summed E-state index contributed by atoms with van der Waals surface area (Å²) in [7, 11) is 1.64.